The van der Waals surface area contributed by atoms with E-state index < -0.39 is 0 Å². The van der Waals surface area contributed by atoms with E-state index in [-0.39, 0.29) is 12.0 Å². The molecule has 1 aliphatic heterocycles. The standard InChI is InChI=1S/C21H23N3O2/c1-15-7-5-13-24-20(15)23-19(16-8-3-2-4-9-16)21(24)22-18(25)12-11-17-10-6-14-26-17/h2-5,7-9,13,17H,6,10-12,14H2,1H3,(H,22,25)/t17-/m0/s1. The molecule has 3 aromatic rings. The zero-order chi connectivity index (χ0) is 17.9. The molecule has 2 aromatic heterocycles. The fourth-order valence-electron chi connectivity index (χ4n) is 3.48. The summed E-state index contributed by atoms with van der Waals surface area (Å²) in [7, 11) is 0. The van der Waals surface area contributed by atoms with Gasteiger partial charge in [-0.2, -0.15) is 0 Å². The molecule has 5 nitrogen and oxygen atoms in total. The van der Waals surface area contributed by atoms with Gasteiger partial charge in [-0.15, -0.1) is 0 Å². The molecule has 1 fully saturated rings. The van der Waals surface area contributed by atoms with Crippen LogP contribution in [-0.4, -0.2) is 28.0 Å². The summed E-state index contributed by atoms with van der Waals surface area (Å²) in [6.45, 7) is 2.84. The maximum absolute atomic E-state index is 12.6. The summed E-state index contributed by atoms with van der Waals surface area (Å²) in [5, 5.41) is 3.09. The monoisotopic (exact) mass is 349 g/mol. The lowest BCUT2D eigenvalue weighted by Gasteiger charge is -2.10. The molecule has 1 amide bonds. The summed E-state index contributed by atoms with van der Waals surface area (Å²) in [6.07, 6.45) is 5.53. The van der Waals surface area contributed by atoms with Crippen LogP contribution in [0, 0.1) is 6.92 Å². The number of anilines is 1. The van der Waals surface area contributed by atoms with Crippen molar-refractivity contribution >= 4 is 17.4 Å². The van der Waals surface area contributed by atoms with Crippen molar-refractivity contribution in [3.05, 3.63) is 54.2 Å². The molecule has 4 rings (SSSR count). The Morgan fingerprint density at radius 1 is 1.27 bits per heavy atom. The highest BCUT2D eigenvalue weighted by atomic mass is 16.5. The van der Waals surface area contributed by atoms with Crippen molar-refractivity contribution in [3.8, 4) is 11.3 Å². The second kappa shape index (κ2) is 7.30. The first-order chi connectivity index (χ1) is 12.7. The molecule has 1 N–H and O–H groups in total. The van der Waals surface area contributed by atoms with Gasteiger partial charge in [-0.25, -0.2) is 4.98 Å². The van der Waals surface area contributed by atoms with E-state index in [2.05, 4.69) is 5.32 Å². The van der Waals surface area contributed by atoms with E-state index in [1.54, 1.807) is 0 Å². The summed E-state index contributed by atoms with van der Waals surface area (Å²) in [6, 6.07) is 14.0. The number of nitrogens with zero attached hydrogens (tertiary/aromatic N) is 2. The van der Waals surface area contributed by atoms with Crippen molar-refractivity contribution in [2.45, 2.75) is 38.7 Å². The SMILES string of the molecule is Cc1cccn2c(NC(=O)CC[C@@H]3CCCO3)c(-c3ccccc3)nc12. The van der Waals surface area contributed by atoms with Crippen LogP contribution in [0.25, 0.3) is 16.9 Å². The number of fused-ring (bicyclic) bond motifs is 1. The van der Waals surface area contributed by atoms with Crippen molar-refractivity contribution in [1.29, 1.82) is 0 Å². The number of amides is 1. The first-order valence-electron chi connectivity index (χ1n) is 9.17. The van der Waals surface area contributed by atoms with Gasteiger partial charge in [0.15, 0.2) is 0 Å². The largest absolute Gasteiger partial charge is 0.378 e. The Hall–Kier alpha value is -2.66. The second-order valence-electron chi connectivity index (χ2n) is 6.78. The third-order valence-electron chi connectivity index (χ3n) is 4.87. The number of imidazole rings is 1. The average Bonchev–Trinajstić information content (AvgIpc) is 3.30. The zero-order valence-corrected chi connectivity index (χ0v) is 14.9. The van der Waals surface area contributed by atoms with E-state index >= 15 is 0 Å². The molecule has 0 unspecified atom stereocenters. The topological polar surface area (TPSA) is 55.6 Å². The minimum atomic E-state index is 0.000914. The highest BCUT2D eigenvalue weighted by molar-refractivity contribution is 5.94. The molecule has 1 aromatic carbocycles. The molecule has 26 heavy (non-hydrogen) atoms. The van der Waals surface area contributed by atoms with Crippen LogP contribution in [0.2, 0.25) is 0 Å². The molecule has 1 aliphatic rings. The van der Waals surface area contributed by atoms with Crippen LogP contribution in [0.5, 0.6) is 0 Å². The quantitative estimate of drug-likeness (QED) is 0.751. The molecule has 1 saturated heterocycles. The predicted octanol–water partition coefficient (Wildman–Crippen LogP) is 4.21. The molecule has 0 spiro atoms. The Kier molecular flexibility index (Phi) is 4.71. The number of hydrogen-bond donors (Lipinski definition) is 1. The lowest BCUT2D eigenvalue weighted by atomic mass is 10.1. The molecule has 0 radical (unpaired) electrons. The van der Waals surface area contributed by atoms with Crippen LogP contribution in [0.4, 0.5) is 5.82 Å². The maximum atomic E-state index is 12.6. The Morgan fingerprint density at radius 2 is 2.12 bits per heavy atom. The summed E-state index contributed by atoms with van der Waals surface area (Å²) < 4.78 is 7.58. The van der Waals surface area contributed by atoms with Gasteiger partial charge >= 0.3 is 0 Å². The number of ether oxygens (including phenoxy) is 1. The third kappa shape index (κ3) is 3.35. The number of hydrogen-bond acceptors (Lipinski definition) is 3. The van der Waals surface area contributed by atoms with Crippen molar-refractivity contribution in [2.75, 3.05) is 11.9 Å². The Labute approximate surface area is 153 Å². The van der Waals surface area contributed by atoms with E-state index in [4.69, 9.17) is 9.72 Å². The molecule has 134 valence electrons. The summed E-state index contributed by atoms with van der Waals surface area (Å²) in [5.74, 6) is 0.730. The van der Waals surface area contributed by atoms with E-state index in [1.807, 2.05) is 60.0 Å². The first kappa shape index (κ1) is 16.8. The molecule has 3 heterocycles. The van der Waals surface area contributed by atoms with Gasteiger partial charge in [0.1, 0.15) is 17.2 Å². The number of nitrogens with one attached hydrogen (secondary N) is 1. The molecule has 0 aliphatic carbocycles. The Balaban J connectivity index is 1.64. The van der Waals surface area contributed by atoms with Gasteiger partial charge < -0.3 is 10.1 Å². The fraction of sp³-hybridized carbons (Fsp3) is 0.333. The van der Waals surface area contributed by atoms with E-state index in [0.717, 1.165) is 54.2 Å². The average molecular weight is 349 g/mol. The van der Waals surface area contributed by atoms with Crippen LogP contribution in [0.3, 0.4) is 0 Å². The minimum Gasteiger partial charge on any atom is -0.378 e. The molecule has 1 atom stereocenters. The number of carbonyl (C=O) groups excluding carboxylic acids is 1. The number of aryl methyl sites for hydroxylation is 1. The normalized spacial score (nSPS) is 16.9. The van der Waals surface area contributed by atoms with Crippen LogP contribution < -0.4 is 5.32 Å². The third-order valence-corrected chi connectivity index (χ3v) is 4.87. The molecular weight excluding hydrogens is 326 g/mol. The number of aromatic nitrogens is 2. The van der Waals surface area contributed by atoms with Crippen LogP contribution >= 0.6 is 0 Å². The minimum absolute atomic E-state index is 0.000914. The van der Waals surface area contributed by atoms with Gasteiger partial charge in [0, 0.05) is 24.8 Å². The number of rotatable bonds is 5. The fourth-order valence-corrected chi connectivity index (χ4v) is 3.48. The molecular formula is C21H23N3O2. The lowest BCUT2D eigenvalue weighted by molar-refractivity contribution is -0.116. The molecule has 0 bridgehead atoms. The van der Waals surface area contributed by atoms with Crippen LogP contribution in [0.15, 0.2) is 48.7 Å². The van der Waals surface area contributed by atoms with Gasteiger partial charge in [-0.1, -0.05) is 36.4 Å². The summed E-state index contributed by atoms with van der Waals surface area (Å²) >= 11 is 0. The van der Waals surface area contributed by atoms with Crippen LogP contribution in [-0.2, 0) is 9.53 Å². The summed E-state index contributed by atoms with van der Waals surface area (Å²) in [4.78, 5) is 17.4. The van der Waals surface area contributed by atoms with Gasteiger partial charge in [0.05, 0.1) is 6.10 Å². The first-order valence-corrected chi connectivity index (χ1v) is 9.17. The Morgan fingerprint density at radius 3 is 2.88 bits per heavy atom. The van der Waals surface area contributed by atoms with Crippen molar-refractivity contribution in [1.82, 2.24) is 9.38 Å². The smallest absolute Gasteiger partial charge is 0.225 e. The van der Waals surface area contributed by atoms with Gasteiger partial charge in [0.2, 0.25) is 5.91 Å². The number of pyridine rings is 1. The Bertz CT molecular complexity index is 912. The van der Waals surface area contributed by atoms with E-state index in [1.165, 1.54) is 0 Å². The lowest BCUT2D eigenvalue weighted by Crippen LogP contribution is -2.16. The number of benzene rings is 1. The second-order valence-corrected chi connectivity index (χ2v) is 6.78. The van der Waals surface area contributed by atoms with Gasteiger partial charge in [0.25, 0.3) is 0 Å². The highest BCUT2D eigenvalue weighted by Gasteiger charge is 2.20. The van der Waals surface area contributed by atoms with Gasteiger partial charge in [-0.3, -0.25) is 9.20 Å². The van der Waals surface area contributed by atoms with E-state index in [0.29, 0.717) is 6.42 Å². The van der Waals surface area contributed by atoms with Crippen molar-refractivity contribution in [2.24, 2.45) is 0 Å². The van der Waals surface area contributed by atoms with Crippen molar-refractivity contribution < 1.29 is 9.53 Å². The molecule has 0 saturated carbocycles. The van der Waals surface area contributed by atoms with E-state index in [9.17, 15) is 4.79 Å². The zero-order valence-electron chi connectivity index (χ0n) is 14.9. The molecule has 5 heteroatoms. The maximum Gasteiger partial charge on any atom is 0.225 e. The highest BCUT2D eigenvalue weighted by Crippen LogP contribution is 2.30. The predicted molar refractivity (Wildman–Crippen MR) is 102 cm³/mol. The number of carbonyl (C=O) groups is 1. The van der Waals surface area contributed by atoms with Gasteiger partial charge in [-0.05, 0) is 37.8 Å². The summed E-state index contributed by atoms with van der Waals surface area (Å²) in [5.41, 5.74) is 3.72. The van der Waals surface area contributed by atoms with Crippen molar-refractivity contribution in [3.63, 3.8) is 0 Å². The van der Waals surface area contributed by atoms with Crippen LogP contribution in [0.1, 0.15) is 31.2 Å².